The van der Waals surface area contributed by atoms with E-state index in [9.17, 15) is 24.3 Å². The number of hydrogen-bond acceptors (Lipinski definition) is 13. The molecule has 4 aromatic rings. The van der Waals surface area contributed by atoms with E-state index in [0.717, 1.165) is 39.0 Å². The van der Waals surface area contributed by atoms with Gasteiger partial charge in [0, 0.05) is 92.8 Å². The topological polar surface area (TPSA) is 207 Å². The number of likely N-dealkylation sites (tertiary alicyclic amines) is 1. The van der Waals surface area contributed by atoms with Gasteiger partial charge in [-0.25, -0.2) is 14.6 Å². The van der Waals surface area contributed by atoms with Gasteiger partial charge in [-0.3, -0.25) is 19.6 Å². The van der Waals surface area contributed by atoms with Crippen molar-refractivity contribution in [2.24, 2.45) is 17.1 Å². The van der Waals surface area contributed by atoms with Crippen molar-refractivity contribution in [3.63, 3.8) is 0 Å². The molecule has 0 unspecified atom stereocenters. The SMILES string of the molecule is CCn1c(-c2cccnc2[C@H](C)OC)c2c3cc(ccc31)-c1csc(n1)C[C@H](NC(=O)[C@H](C(C)C)N(C)C(=O)N1C[C@H](OC)[C@@H](N)C1)C(=O)N1CCC[C@@](O)(N1)C(=O)OCC(C)(C)C2. The molecule has 5 N–H and O–H groups in total. The highest BCUT2D eigenvalue weighted by atomic mass is 32.1. The summed E-state index contributed by atoms with van der Waals surface area (Å²) in [5.41, 5.74) is 12.5. The Morgan fingerprint density at radius 1 is 1.17 bits per heavy atom. The van der Waals surface area contributed by atoms with Gasteiger partial charge in [0.2, 0.25) is 11.6 Å². The molecule has 18 heteroatoms. The van der Waals surface area contributed by atoms with Gasteiger partial charge >= 0.3 is 12.0 Å². The van der Waals surface area contributed by atoms with E-state index in [1.54, 1.807) is 32.4 Å². The standard InChI is InChI=1S/C46H63N9O8S/c1-10-54-35-15-14-28-19-30(35)31(40(54)29-13-11-17-48-38(29)27(4)61-8)21-45(5,6)25-63-43(58)46(60)16-12-18-55(51-46)42(57)33(20-37-49-34(28)24-64-37)50-41(56)39(26(2)3)52(7)44(59)53-22-32(47)36(23-53)62-9/h11,13-15,17,19,24,26-27,32-33,36,39,51,60H,10,12,16,18,20-23,25,47H2,1-9H3,(H,50,56)/t27-,32-,33-,36-,39-,46-/m0/s1. The van der Waals surface area contributed by atoms with Crippen molar-refractivity contribution in [2.45, 2.75) is 110 Å². The Labute approximate surface area is 378 Å². The molecule has 0 spiro atoms. The predicted molar refractivity (Wildman–Crippen MR) is 243 cm³/mol. The van der Waals surface area contributed by atoms with Crippen LogP contribution >= 0.6 is 11.3 Å². The number of hydrogen-bond donors (Lipinski definition) is 4. The van der Waals surface area contributed by atoms with Crippen LogP contribution in [0.1, 0.15) is 76.8 Å². The van der Waals surface area contributed by atoms with E-state index in [1.165, 1.54) is 21.2 Å². The Balaban J connectivity index is 1.30. The number of nitrogens with two attached hydrogens (primary N) is 1. The fraction of sp³-hybridized carbons (Fsp3) is 0.565. The van der Waals surface area contributed by atoms with Crippen LogP contribution in [0.5, 0.6) is 0 Å². The number of amides is 4. The molecule has 6 atom stereocenters. The minimum atomic E-state index is -2.22. The zero-order valence-corrected chi connectivity index (χ0v) is 39.2. The number of ether oxygens (including phenoxy) is 3. The first kappa shape index (κ1) is 47.0. The average molecular weight is 902 g/mol. The van der Waals surface area contributed by atoms with Crippen LogP contribution in [0.25, 0.3) is 33.4 Å². The smallest absolute Gasteiger partial charge is 0.355 e. The first-order chi connectivity index (χ1) is 30.4. The minimum absolute atomic E-state index is 0.00518. The van der Waals surface area contributed by atoms with Crippen molar-refractivity contribution in [2.75, 3.05) is 47.5 Å². The highest BCUT2D eigenvalue weighted by Crippen LogP contribution is 2.42. The van der Waals surface area contributed by atoms with E-state index in [-0.39, 0.29) is 75.7 Å². The predicted octanol–water partition coefficient (Wildman–Crippen LogP) is 4.26. The van der Waals surface area contributed by atoms with Crippen molar-refractivity contribution >= 4 is 46.1 Å². The summed E-state index contributed by atoms with van der Waals surface area (Å²) in [7, 11) is 4.77. The summed E-state index contributed by atoms with van der Waals surface area (Å²) in [6.45, 7) is 13.1. The number of cyclic esters (lactones) is 1. The second kappa shape index (κ2) is 18.9. The molecular weight excluding hydrogens is 839 g/mol. The number of thiazole rings is 1. The lowest BCUT2D eigenvalue weighted by Gasteiger charge is -2.40. The summed E-state index contributed by atoms with van der Waals surface area (Å²) in [6, 6.07) is 7.33. The molecule has 0 saturated carbocycles. The zero-order valence-electron chi connectivity index (χ0n) is 38.3. The summed E-state index contributed by atoms with van der Waals surface area (Å²) >= 11 is 1.36. The number of carbonyl (C=O) groups excluding carboxylic acids is 4. The molecule has 4 amide bonds. The molecule has 6 bridgehead atoms. The van der Waals surface area contributed by atoms with Gasteiger partial charge < -0.3 is 44.7 Å². The molecule has 1 aromatic carbocycles. The second-order valence-electron chi connectivity index (χ2n) is 18.4. The van der Waals surface area contributed by atoms with E-state index in [0.29, 0.717) is 23.7 Å². The van der Waals surface area contributed by atoms with Crippen molar-refractivity contribution in [1.82, 2.24) is 40.1 Å². The first-order valence-electron chi connectivity index (χ1n) is 22.1. The lowest BCUT2D eigenvalue weighted by molar-refractivity contribution is -0.189. The molecule has 0 radical (unpaired) electrons. The molecule has 3 aliphatic rings. The number of esters is 1. The lowest BCUT2D eigenvalue weighted by Crippen LogP contribution is -2.67. The monoisotopic (exact) mass is 901 g/mol. The van der Waals surface area contributed by atoms with Gasteiger partial charge in [-0.15, -0.1) is 11.3 Å². The maximum atomic E-state index is 14.6. The van der Waals surface area contributed by atoms with Gasteiger partial charge in [0.1, 0.15) is 12.1 Å². The Bertz CT molecular complexity index is 2380. The van der Waals surface area contributed by atoms with E-state index in [4.69, 9.17) is 29.9 Å². The van der Waals surface area contributed by atoms with Crippen LogP contribution in [0.4, 0.5) is 4.79 Å². The van der Waals surface area contributed by atoms with Crippen LogP contribution in [-0.2, 0) is 48.0 Å². The number of benzene rings is 1. The van der Waals surface area contributed by atoms with Gasteiger partial charge in [-0.1, -0.05) is 33.8 Å². The summed E-state index contributed by atoms with van der Waals surface area (Å²) in [5, 5.41) is 19.5. The number of nitrogens with one attached hydrogen (secondary N) is 2. The van der Waals surface area contributed by atoms with Crippen molar-refractivity contribution < 1.29 is 38.5 Å². The third-order valence-corrected chi connectivity index (χ3v) is 13.6. The normalized spacial score (nSPS) is 23.8. The number of carbonyl (C=O) groups is 4. The van der Waals surface area contributed by atoms with Crippen molar-refractivity contribution in [3.05, 3.63) is 58.2 Å². The van der Waals surface area contributed by atoms with Gasteiger partial charge in [0.05, 0.1) is 53.5 Å². The van der Waals surface area contributed by atoms with Crippen molar-refractivity contribution in [3.8, 4) is 22.5 Å². The molecular formula is C46H63N9O8S. The largest absolute Gasteiger partial charge is 0.462 e. The van der Waals surface area contributed by atoms with E-state index in [1.807, 2.05) is 52.1 Å². The van der Waals surface area contributed by atoms with Gasteiger partial charge in [0.25, 0.3) is 5.91 Å². The van der Waals surface area contributed by atoms with Crippen LogP contribution in [0.3, 0.4) is 0 Å². The highest BCUT2D eigenvalue weighted by molar-refractivity contribution is 7.10. The summed E-state index contributed by atoms with van der Waals surface area (Å²) in [5.74, 6) is -2.39. The second-order valence-corrected chi connectivity index (χ2v) is 19.4. The van der Waals surface area contributed by atoms with E-state index < -0.39 is 41.0 Å². The van der Waals surface area contributed by atoms with Gasteiger partial charge in [0.15, 0.2) is 0 Å². The maximum absolute atomic E-state index is 14.6. The van der Waals surface area contributed by atoms with Crippen LogP contribution in [0.15, 0.2) is 41.9 Å². The van der Waals surface area contributed by atoms with Crippen LogP contribution in [0.2, 0.25) is 0 Å². The molecule has 17 nitrogen and oxygen atoms in total. The Hall–Kier alpha value is -4.98. The number of likely N-dealkylation sites (N-methyl/N-ethyl adjacent to an activating group) is 1. The highest BCUT2D eigenvalue weighted by Gasteiger charge is 2.46. The Kier molecular flexibility index (Phi) is 13.8. The number of pyridine rings is 1. The maximum Gasteiger partial charge on any atom is 0.355 e. The minimum Gasteiger partial charge on any atom is -0.462 e. The molecule has 0 aliphatic carbocycles. The third-order valence-electron chi connectivity index (χ3n) is 12.8. The molecule has 2 fully saturated rings. The summed E-state index contributed by atoms with van der Waals surface area (Å²) < 4.78 is 19.5. The fourth-order valence-corrected chi connectivity index (χ4v) is 10.2. The number of rotatable bonds is 9. The molecule has 346 valence electrons. The molecule has 6 heterocycles. The molecule has 3 aliphatic heterocycles. The quantitative estimate of drug-likeness (QED) is 0.174. The number of fused-ring (bicyclic) bond motifs is 6. The molecule has 2 saturated heterocycles. The van der Waals surface area contributed by atoms with Crippen LogP contribution in [0, 0.1) is 11.3 Å². The molecule has 3 aromatic heterocycles. The third kappa shape index (κ3) is 9.26. The summed E-state index contributed by atoms with van der Waals surface area (Å²) in [6.07, 6.45) is 1.91. The zero-order chi connectivity index (χ0) is 46.2. The van der Waals surface area contributed by atoms with Crippen LogP contribution < -0.4 is 16.5 Å². The summed E-state index contributed by atoms with van der Waals surface area (Å²) in [4.78, 5) is 69.5. The number of methoxy groups -OCH3 is 2. The number of aromatic nitrogens is 3. The Morgan fingerprint density at radius 3 is 2.62 bits per heavy atom. The first-order valence-corrected chi connectivity index (χ1v) is 22.9. The van der Waals surface area contributed by atoms with E-state index in [2.05, 4.69) is 40.4 Å². The van der Waals surface area contributed by atoms with Gasteiger partial charge in [-0.2, -0.15) is 5.43 Å². The molecule has 7 rings (SSSR count). The van der Waals surface area contributed by atoms with Crippen molar-refractivity contribution in [1.29, 1.82) is 0 Å². The number of aryl methyl sites for hydroxylation is 1. The average Bonchev–Trinajstić information content (AvgIpc) is 3.98. The lowest BCUT2D eigenvalue weighted by atomic mass is 9.84. The van der Waals surface area contributed by atoms with E-state index >= 15 is 0 Å². The van der Waals surface area contributed by atoms with Gasteiger partial charge in [-0.05, 0) is 62.4 Å². The van der Waals surface area contributed by atoms with Crippen LogP contribution in [-0.4, -0.2) is 136 Å². The number of aliphatic hydroxyl groups is 1. The number of nitrogens with zero attached hydrogens (tertiary/aromatic N) is 6. The Morgan fingerprint density at radius 2 is 1.94 bits per heavy atom. The number of urea groups is 1. The fourth-order valence-electron chi connectivity index (χ4n) is 9.33. The number of hydrazine groups is 1. The molecule has 64 heavy (non-hydrogen) atoms.